The number of alkyl halides is 3. The lowest BCUT2D eigenvalue weighted by molar-refractivity contribution is -0.137. The van der Waals surface area contributed by atoms with Crippen LogP contribution in [0.4, 0.5) is 13.2 Å². The second kappa shape index (κ2) is 7.64. The first-order valence-electron chi connectivity index (χ1n) is 8.29. The van der Waals surface area contributed by atoms with Gasteiger partial charge in [0.05, 0.1) is 16.3 Å². The Balaban J connectivity index is 1.70. The van der Waals surface area contributed by atoms with Crippen LogP contribution in [0.3, 0.4) is 0 Å². The molecule has 2 unspecified atom stereocenters. The number of carbonyl (C=O) groups is 1. The van der Waals surface area contributed by atoms with E-state index in [9.17, 15) is 18.0 Å². The molecule has 26 heavy (non-hydrogen) atoms. The Hall–Kier alpha value is -1.48. The van der Waals surface area contributed by atoms with Crippen LogP contribution < -0.4 is 5.32 Å². The van der Waals surface area contributed by atoms with Crippen molar-refractivity contribution >= 4 is 34.9 Å². The minimum Gasteiger partial charge on any atom is -0.352 e. The Morgan fingerprint density at radius 1 is 1.38 bits per heavy atom. The molecule has 0 saturated heterocycles. The molecule has 1 fully saturated rings. The van der Waals surface area contributed by atoms with Crippen LogP contribution in [0.5, 0.6) is 0 Å². The van der Waals surface area contributed by atoms with Gasteiger partial charge in [-0.2, -0.15) is 13.2 Å². The van der Waals surface area contributed by atoms with Gasteiger partial charge in [-0.3, -0.25) is 9.20 Å². The fourth-order valence-corrected chi connectivity index (χ4v) is 4.06. The van der Waals surface area contributed by atoms with Gasteiger partial charge < -0.3 is 5.32 Å². The van der Waals surface area contributed by atoms with Crippen molar-refractivity contribution in [2.75, 3.05) is 5.75 Å². The van der Waals surface area contributed by atoms with Crippen LogP contribution in [0.2, 0.25) is 5.02 Å². The van der Waals surface area contributed by atoms with E-state index in [-0.39, 0.29) is 33.5 Å². The molecule has 0 aromatic carbocycles. The van der Waals surface area contributed by atoms with Crippen LogP contribution in [-0.4, -0.2) is 32.3 Å². The third kappa shape index (κ3) is 4.25. The number of nitrogens with one attached hydrogen (secondary N) is 1. The lowest BCUT2D eigenvalue weighted by atomic mass is 9.86. The van der Waals surface area contributed by atoms with Crippen LogP contribution in [0.1, 0.15) is 38.2 Å². The number of nitrogens with zero attached hydrogens (tertiary/aromatic N) is 3. The van der Waals surface area contributed by atoms with Crippen molar-refractivity contribution in [3.63, 3.8) is 0 Å². The van der Waals surface area contributed by atoms with Gasteiger partial charge in [-0.25, -0.2) is 0 Å². The highest BCUT2D eigenvalue weighted by molar-refractivity contribution is 7.99. The fourth-order valence-electron chi connectivity index (χ4n) is 3.10. The van der Waals surface area contributed by atoms with Crippen LogP contribution in [0, 0.1) is 5.92 Å². The van der Waals surface area contributed by atoms with Crippen LogP contribution >= 0.6 is 23.4 Å². The summed E-state index contributed by atoms with van der Waals surface area (Å²) in [4.78, 5) is 12.2. The maximum Gasteiger partial charge on any atom is 0.417 e. The molecule has 0 spiro atoms. The van der Waals surface area contributed by atoms with Gasteiger partial charge in [0.2, 0.25) is 5.91 Å². The lowest BCUT2D eigenvalue weighted by Gasteiger charge is -2.29. The number of carbonyl (C=O) groups excluding carboxylic acids is 1. The van der Waals surface area contributed by atoms with E-state index in [0.717, 1.165) is 43.3 Å². The molecule has 2 atom stereocenters. The second-order valence-corrected chi connectivity index (χ2v) is 7.82. The number of amides is 1. The molecule has 1 amide bonds. The topological polar surface area (TPSA) is 59.3 Å². The number of pyridine rings is 1. The molecule has 2 aromatic heterocycles. The van der Waals surface area contributed by atoms with Gasteiger partial charge in [0, 0.05) is 12.2 Å². The quantitative estimate of drug-likeness (QED) is 0.773. The van der Waals surface area contributed by atoms with E-state index in [1.54, 1.807) is 0 Å². The summed E-state index contributed by atoms with van der Waals surface area (Å²) in [6, 6.07) is 0.968. The van der Waals surface area contributed by atoms with Crippen molar-refractivity contribution in [2.45, 2.75) is 50.0 Å². The summed E-state index contributed by atoms with van der Waals surface area (Å²) in [7, 11) is 0. The van der Waals surface area contributed by atoms with Gasteiger partial charge in [0.25, 0.3) is 0 Å². The van der Waals surface area contributed by atoms with Crippen LogP contribution in [0.25, 0.3) is 5.65 Å². The summed E-state index contributed by atoms with van der Waals surface area (Å²) in [5, 5.41) is 10.7. The zero-order valence-electron chi connectivity index (χ0n) is 14.0. The van der Waals surface area contributed by atoms with Gasteiger partial charge in [-0.15, -0.1) is 10.2 Å². The summed E-state index contributed by atoms with van der Waals surface area (Å²) in [5.41, 5.74) is -0.763. The Labute approximate surface area is 157 Å². The summed E-state index contributed by atoms with van der Waals surface area (Å²) in [6.07, 6.45) is 0.678. The van der Waals surface area contributed by atoms with E-state index in [0.29, 0.717) is 5.92 Å². The predicted molar refractivity (Wildman–Crippen MR) is 93.3 cm³/mol. The zero-order valence-corrected chi connectivity index (χ0v) is 15.6. The van der Waals surface area contributed by atoms with E-state index in [1.807, 2.05) is 0 Å². The minimum atomic E-state index is -4.53. The first-order chi connectivity index (χ1) is 12.3. The van der Waals surface area contributed by atoms with Crippen molar-refractivity contribution in [3.05, 3.63) is 22.8 Å². The summed E-state index contributed by atoms with van der Waals surface area (Å²) < 4.78 is 40.1. The van der Waals surface area contributed by atoms with Crippen molar-refractivity contribution in [2.24, 2.45) is 5.92 Å². The number of halogens is 4. The maximum absolute atomic E-state index is 13.0. The largest absolute Gasteiger partial charge is 0.417 e. The average molecular weight is 407 g/mol. The Kier molecular flexibility index (Phi) is 5.67. The zero-order chi connectivity index (χ0) is 18.9. The van der Waals surface area contributed by atoms with Crippen LogP contribution in [0.15, 0.2) is 17.4 Å². The number of hydrogen-bond donors (Lipinski definition) is 1. The number of fused-ring (bicyclic) bond motifs is 1. The number of aromatic nitrogens is 3. The molecule has 2 heterocycles. The van der Waals surface area contributed by atoms with Crippen LogP contribution in [-0.2, 0) is 11.0 Å². The number of hydrogen-bond acceptors (Lipinski definition) is 4. The second-order valence-electron chi connectivity index (χ2n) is 6.48. The molecule has 142 valence electrons. The Morgan fingerprint density at radius 3 is 2.81 bits per heavy atom. The molecule has 5 nitrogen and oxygen atoms in total. The standard InChI is InChI=1S/C16H18ClF3N4OS/c1-9-4-2-3-5-12(9)21-13(25)8-26-15-23-22-14-11(17)6-10(7-24(14)15)16(18,19)20/h6-7,9,12H,2-5,8H2,1H3,(H,21,25). The Bertz CT molecular complexity index is 811. The third-order valence-electron chi connectivity index (χ3n) is 4.55. The van der Waals surface area contributed by atoms with Crippen molar-refractivity contribution in [1.82, 2.24) is 19.9 Å². The van der Waals surface area contributed by atoms with E-state index in [1.165, 1.54) is 10.8 Å². The predicted octanol–water partition coefficient (Wildman–Crippen LogP) is 4.19. The highest BCUT2D eigenvalue weighted by Gasteiger charge is 2.32. The lowest BCUT2D eigenvalue weighted by Crippen LogP contribution is -2.41. The molecular formula is C16H18ClF3N4OS. The molecular weight excluding hydrogens is 389 g/mol. The molecule has 1 aliphatic carbocycles. The van der Waals surface area contributed by atoms with Gasteiger partial charge in [0.1, 0.15) is 0 Å². The first-order valence-corrected chi connectivity index (χ1v) is 9.65. The molecule has 2 aromatic rings. The van der Waals surface area contributed by atoms with Crippen molar-refractivity contribution < 1.29 is 18.0 Å². The monoisotopic (exact) mass is 406 g/mol. The average Bonchev–Trinajstić information content (AvgIpc) is 2.98. The van der Waals surface area contributed by atoms with E-state index in [2.05, 4.69) is 22.4 Å². The highest BCUT2D eigenvalue weighted by Crippen LogP contribution is 2.33. The molecule has 0 aliphatic heterocycles. The molecule has 3 rings (SSSR count). The molecule has 0 radical (unpaired) electrons. The molecule has 1 saturated carbocycles. The maximum atomic E-state index is 13.0. The molecule has 10 heteroatoms. The Morgan fingerprint density at radius 2 is 2.12 bits per heavy atom. The third-order valence-corrected chi connectivity index (χ3v) is 5.77. The summed E-state index contributed by atoms with van der Waals surface area (Å²) >= 11 is 6.91. The van der Waals surface area contributed by atoms with Gasteiger partial charge in [-0.1, -0.05) is 43.1 Å². The number of rotatable bonds is 4. The van der Waals surface area contributed by atoms with Gasteiger partial charge in [0.15, 0.2) is 10.8 Å². The minimum absolute atomic E-state index is 0.0535. The normalized spacial score (nSPS) is 21.1. The molecule has 1 N–H and O–H groups in total. The van der Waals surface area contributed by atoms with Gasteiger partial charge in [-0.05, 0) is 24.8 Å². The van der Waals surface area contributed by atoms with Gasteiger partial charge >= 0.3 is 6.18 Å². The summed E-state index contributed by atoms with van der Waals surface area (Å²) in [5.74, 6) is 0.320. The van der Waals surface area contributed by atoms with E-state index < -0.39 is 11.7 Å². The highest BCUT2D eigenvalue weighted by atomic mass is 35.5. The fraction of sp³-hybridized carbons (Fsp3) is 0.562. The smallest absolute Gasteiger partial charge is 0.352 e. The van der Waals surface area contributed by atoms with Crippen molar-refractivity contribution in [1.29, 1.82) is 0 Å². The number of thioether (sulfide) groups is 1. The molecule has 0 bridgehead atoms. The SMILES string of the molecule is CC1CCCCC1NC(=O)CSc1nnc2c(Cl)cc(C(F)(F)F)cn12. The summed E-state index contributed by atoms with van der Waals surface area (Å²) in [6.45, 7) is 2.12. The van der Waals surface area contributed by atoms with E-state index in [4.69, 9.17) is 11.6 Å². The molecule has 1 aliphatic rings. The van der Waals surface area contributed by atoms with Crippen molar-refractivity contribution in [3.8, 4) is 0 Å². The first kappa shape index (κ1) is 19.3. The van der Waals surface area contributed by atoms with E-state index >= 15 is 0 Å².